The molecule has 2 heterocycles. The number of anilines is 1. The first kappa shape index (κ1) is 13.7. The van der Waals surface area contributed by atoms with E-state index < -0.39 is 0 Å². The summed E-state index contributed by atoms with van der Waals surface area (Å²) >= 11 is 0. The summed E-state index contributed by atoms with van der Waals surface area (Å²) in [7, 11) is 1.87. The van der Waals surface area contributed by atoms with Crippen LogP contribution in [-0.4, -0.2) is 37.2 Å². The number of aryl methyl sites for hydroxylation is 1. The molecule has 104 valence electrons. The molecule has 2 aromatic heterocycles. The number of nitrogen functional groups attached to an aromatic ring is 1. The number of hydrogen-bond donors (Lipinski definition) is 1. The average Bonchev–Trinajstić information content (AvgIpc) is 2.71. The zero-order valence-electron chi connectivity index (χ0n) is 12.1. The third-order valence-electron chi connectivity index (χ3n) is 3.25. The van der Waals surface area contributed by atoms with E-state index in [0.29, 0.717) is 11.9 Å². The largest absolute Gasteiger partial charge is 0.383 e. The standard InChI is InChI=1S/C13H22N6/c1-5-6-19(9(2)3)8-11-16-12(14)10-7-15-18(4)13(10)17-11/h7,9H,5-6,8H2,1-4H3,(H2,14,16,17). The lowest BCUT2D eigenvalue weighted by Gasteiger charge is -2.25. The predicted molar refractivity (Wildman–Crippen MR) is 76.6 cm³/mol. The van der Waals surface area contributed by atoms with Crippen LogP contribution in [-0.2, 0) is 13.6 Å². The molecule has 0 aromatic carbocycles. The lowest BCUT2D eigenvalue weighted by molar-refractivity contribution is 0.208. The van der Waals surface area contributed by atoms with Crippen LogP contribution >= 0.6 is 0 Å². The monoisotopic (exact) mass is 262 g/mol. The Labute approximate surface area is 113 Å². The van der Waals surface area contributed by atoms with Gasteiger partial charge in [0.15, 0.2) is 5.65 Å². The van der Waals surface area contributed by atoms with E-state index in [1.807, 2.05) is 7.05 Å². The van der Waals surface area contributed by atoms with E-state index in [4.69, 9.17) is 5.73 Å². The van der Waals surface area contributed by atoms with Gasteiger partial charge in [0.05, 0.1) is 18.1 Å². The maximum atomic E-state index is 5.97. The minimum absolute atomic E-state index is 0.465. The van der Waals surface area contributed by atoms with Crippen LogP contribution in [0.5, 0.6) is 0 Å². The predicted octanol–water partition coefficient (Wildman–Crippen LogP) is 1.57. The molecule has 19 heavy (non-hydrogen) atoms. The van der Waals surface area contributed by atoms with E-state index >= 15 is 0 Å². The Balaban J connectivity index is 2.31. The molecule has 0 aliphatic heterocycles. The third kappa shape index (κ3) is 2.84. The van der Waals surface area contributed by atoms with Gasteiger partial charge in [-0.05, 0) is 26.8 Å². The summed E-state index contributed by atoms with van der Waals surface area (Å²) in [5.74, 6) is 1.27. The maximum absolute atomic E-state index is 5.97. The van der Waals surface area contributed by atoms with Crippen LogP contribution in [0, 0.1) is 0 Å². The van der Waals surface area contributed by atoms with Crippen molar-refractivity contribution < 1.29 is 0 Å². The Morgan fingerprint density at radius 2 is 2.11 bits per heavy atom. The SMILES string of the molecule is CCCN(Cc1nc(N)c2cnn(C)c2n1)C(C)C. The molecule has 2 rings (SSSR count). The summed E-state index contributed by atoms with van der Waals surface area (Å²) in [4.78, 5) is 11.3. The van der Waals surface area contributed by atoms with Gasteiger partial charge in [-0.1, -0.05) is 6.92 Å². The molecular weight excluding hydrogens is 240 g/mol. The highest BCUT2D eigenvalue weighted by molar-refractivity contribution is 5.84. The zero-order chi connectivity index (χ0) is 14.0. The van der Waals surface area contributed by atoms with E-state index in [1.165, 1.54) is 0 Å². The van der Waals surface area contributed by atoms with Gasteiger partial charge in [-0.15, -0.1) is 0 Å². The van der Waals surface area contributed by atoms with Crippen molar-refractivity contribution in [3.8, 4) is 0 Å². The second kappa shape index (κ2) is 5.52. The lowest BCUT2D eigenvalue weighted by atomic mass is 10.3. The number of nitrogens with zero attached hydrogens (tertiary/aromatic N) is 5. The number of rotatable bonds is 5. The highest BCUT2D eigenvalue weighted by Gasteiger charge is 2.14. The van der Waals surface area contributed by atoms with Crippen molar-refractivity contribution in [2.24, 2.45) is 7.05 Å². The van der Waals surface area contributed by atoms with E-state index in [0.717, 1.165) is 36.4 Å². The van der Waals surface area contributed by atoms with Crippen molar-refractivity contribution in [3.63, 3.8) is 0 Å². The number of nitrogens with two attached hydrogens (primary N) is 1. The summed E-state index contributed by atoms with van der Waals surface area (Å²) in [6.45, 7) is 8.29. The molecule has 0 saturated heterocycles. The van der Waals surface area contributed by atoms with Crippen LogP contribution in [0.3, 0.4) is 0 Å². The molecule has 0 saturated carbocycles. The number of fused-ring (bicyclic) bond motifs is 1. The van der Waals surface area contributed by atoms with Crippen molar-refractivity contribution in [1.29, 1.82) is 0 Å². The van der Waals surface area contributed by atoms with Gasteiger partial charge in [-0.2, -0.15) is 5.10 Å². The summed E-state index contributed by atoms with van der Waals surface area (Å²) in [6.07, 6.45) is 2.82. The Morgan fingerprint density at radius 3 is 2.74 bits per heavy atom. The quantitative estimate of drug-likeness (QED) is 0.885. The van der Waals surface area contributed by atoms with E-state index in [9.17, 15) is 0 Å². The topological polar surface area (TPSA) is 72.9 Å². The molecule has 2 N–H and O–H groups in total. The first-order valence-electron chi connectivity index (χ1n) is 6.71. The highest BCUT2D eigenvalue weighted by atomic mass is 15.3. The Morgan fingerprint density at radius 1 is 1.37 bits per heavy atom. The van der Waals surface area contributed by atoms with Gasteiger partial charge in [-0.25, -0.2) is 9.97 Å². The minimum Gasteiger partial charge on any atom is -0.383 e. The average molecular weight is 262 g/mol. The summed E-state index contributed by atoms with van der Waals surface area (Å²) < 4.78 is 1.73. The van der Waals surface area contributed by atoms with Gasteiger partial charge < -0.3 is 5.73 Å². The summed E-state index contributed by atoms with van der Waals surface area (Å²) in [5.41, 5.74) is 6.77. The second-order valence-electron chi connectivity index (χ2n) is 5.09. The van der Waals surface area contributed by atoms with Gasteiger partial charge in [-0.3, -0.25) is 9.58 Å². The molecule has 6 heteroatoms. The molecule has 0 bridgehead atoms. The second-order valence-corrected chi connectivity index (χ2v) is 5.09. The molecule has 0 aliphatic carbocycles. The van der Waals surface area contributed by atoms with Crippen LogP contribution in [0.1, 0.15) is 33.0 Å². The Hall–Kier alpha value is -1.69. The van der Waals surface area contributed by atoms with E-state index in [-0.39, 0.29) is 0 Å². The molecule has 0 fully saturated rings. The van der Waals surface area contributed by atoms with Gasteiger partial charge in [0, 0.05) is 13.1 Å². The van der Waals surface area contributed by atoms with E-state index in [2.05, 4.69) is 40.7 Å². The van der Waals surface area contributed by atoms with Gasteiger partial charge in [0.1, 0.15) is 11.6 Å². The Kier molecular flexibility index (Phi) is 3.99. The lowest BCUT2D eigenvalue weighted by Crippen LogP contribution is -2.31. The molecule has 0 spiro atoms. The van der Waals surface area contributed by atoms with Crippen molar-refractivity contribution in [1.82, 2.24) is 24.6 Å². The molecule has 0 radical (unpaired) electrons. The van der Waals surface area contributed by atoms with Crippen LogP contribution in [0.25, 0.3) is 11.0 Å². The number of aromatic nitrogens is 4. The fraction of sp³-hybridized carbons (Fsp3) is 0.615. The van der Waals surface area contributed by atoms with Crippen LogP contribution in [0.15, 0.2) is 6.20 Å². The fourth-order valence-electron chi connectivity index (χ4n) is 2.15. The molecule has 0 amide bonds. The van der Waals surface area contributed by atoms with Crippen LogP contribution in [0.2, 0.25) is 0 Å². The first-order chi connectivity index (χ1) is 9.02. The third-order valence-corrected chi connectivity index (χ3v) is 3.25. The molecule has 0 unspecified atom stereocenters. The summed E-state index contributed by atoms with van der Waals surface area (Å²) in [5, 5.41) is 4.99. The molecule has 2 aromatic rings. The fourth-order valence-corrected chi connectivity index (χ4v) is 2.15. The van der Waals surface area contributed by atoms with Gasteiger partial charge in [0.25, 0.3) is 0 Å². The Bertz CT molecular complexity index is 560. The molecule has 6 nitrogen and oxygen atoms in total. The molecule has 0 atom stereocenters. The zero-order valence-corrected chi connectivity index (χ0v) is 12.1. The van der Waals surface area contributed by atoms with E-state index in [1.54, 1.807) is 10.9 Å². The molecule has 0 aliphatic rings. The summed E-state index contributed by atoms with van der Waals surface area (Å²) in [6, 6.07) is 0.465. The molecular formula is C13H22N6. The highest BCUT2D eigenvalue weighted by Crippen LogP contribution is 2.17. The first-order valence-corrected chi connectivity index (χ1v) is 6.71. The van der Waals surface area contributed by atoms with Crippen molar-refractivity contribution in [2.45, 2.75) is 39.8 Å². The van der Waals surface area contributed by atoms with Gasteiger partial charge >= 0.3 is 0 Å². The van der Waals surface area contributed by atoms with Gasteiger partial charge in [0.2, 0.25) is 0 Å². The minimum atomic E-state index is 0.465. The smallest absolute Gasteiger partial charge is 0.163 e. The maximum Gasteiger partial charge on any atom is 0.163 e. The number of hydrogen-bond acceptors (Lipinski definition) is 5. The van der Waals surface area contributed by atoms with Crippen molar-refractivity contribution in [2.75, 3.05) is 12.3 Å². The normalized spacial score (nSPS) is 11.9. The van der Waals surface area contributed by atoms with Crippen LogP contribution < -0.4 is 5.73 Å². The van der Waals surface area contributed by atoms with Crippen molar-refractivity contribution in [3.05, 3.63) is 12.0 Å². The van der Waals surface area contributed by atoms with Crippen molar-refractivity contribution >= 4 is 16.9 Å². The van der Waals surface area contributed by atoms with Crippen LogP contribution in [0.4, 0.5) is 5.82 Å².